The van der Waals surface area contributed by atoms with Crippen LogP contribution in [-0.2, 0) is 11.3 Å². The predicted molar refractivity (Wildman–Crippen MR) is 119 cm³/mol. The maximum absolute atomic E-state index is 13.5. The quantitative estimate of drug-likeness (QED) is 0.543. The fourth-order valence-electron chi connectivity index (χ4n) is 4.61. The van der Waals surface area contributed by atoms with Gasteiger partial charge in [0.25, 0.3) is 5.91 Å². The normalized spacial score (nSPS) is 22.2. The first-order valence-corrected chi connectivity index (χ1v) is 11.4. The average molecular weight is 467 g/mol. The van der Waals surface area contributed by atoms with Gasteiger partial charge in [-0.05, 0) is 56.2 Å². The van der Waals surface area contributed by atoms with Crippen LogP contribution in [-0.4, -0.2) is 52.5 Å². The molecular formula is C25H26FN3O5. The van der Waals surface area contributed by atoms with E-state index in [9.17, 15) is 9.18 Å². The van der Waals surface area contributed by atoms with Crippen LogP contribution in [0.3, 0.4) is 0 Å². The first-order valence-electron chi connectivity index (χ1n) is 11.4. The lowest BCUT2D eigenvalue weighted by Gasteiger charge is -2.39. The number of piperidine rings is 1. The fourth-order valence-corrected chi connectivity index (χ4v) is 4.61. The molecule has 0 bridgehead atoms. The molecule has 8 nitrogen and oxygen atoms in total. The van der Waals surface area contributed by atoms with Gasteiger partial charge in [-0.15, -0.1) is 0 Å². The van der Waals surface area contributed by atoms with E-state index in [2.05, 4.69) is 10.3 Å². The van der Waals surface area contributed by atoms with Gasteiger partial charge >= 0.3 is 0 Å². The topological polar surface area (TPSA) is 86.9 Å². The zero-order valence-corrected chi connectivity index (χ0v) is 18.9. The van der Waals surface area contributed by atoms with Crippen LogP contribution >= 0.6 is 0 Å². The third kappa shape index (κ3) is 4.75. The van der Waals surface area contributed by atoms with Gasteiger partial charge in [-0.25, -0.2) is 9.02 Å². The molecule has 1 spiro atoms. The Labute approximate surface area is 196 Å². The van der Waals surface area contributed by atoms with Crippen molar-refractivity contribution in [3.63, 3.8) is 0 Å². The molecule has 2 aliphatic rings. The Kier molecular flexibility index (Phi) is 6.19. The molecule has 2 aliphatic heterocycles. The van der Waals surface area contributed by atoms with Crippen molar-refractivity contribution in [1.82, 2.24) is 15.2 Å². The largest absolute Gasteiger partial charge is 0.488 e. The molecule has 0 aliphatic carbocycles. The Morgan fingerprint density at radius 3 is 2.82 bits per heavy atom. The fraction of sp³-hybridized carbons (Fsp3) is 0.400. The maximum Gasteiger partial charge on any atom is 0.257 e. The molecule has 34 heavy (non-hydrogen) atoms. The van der Waals surface area contributed by atoms with E-state index in [4.69, 9.17) is 18.8 Å². The highest BCUT2D eigenvalue weighted by Gasteiger charge is 2.45. The molecule has 2 saturated heterocycles. The van der Waals surface area contributed by atoms with Crippen molar-refractivity contribution >= 4 is 5.91 Å². The highest BCUT2D eigenvalue weighted by atomic mass is 19.1. The molecule has 9 heteroatoms. The van der Waals surface area contributed by atoms with Crippen LogP contribution in [0.15, 0.2) is 53.2 Å². The number of nitrogens with zero attached hydrogens (tertiary/aromatic N) is 3. The number of para-hydroxylation sites is 1. The number of halogens is 1. The standard InChI is InChI=1S/C25H26FN3O5/c1-17-22(28-34-27-17)15-31-23-6-3-2-5-21(23)24(30)29-12-4-11-25(16-29)13-20(14-32-25)33-19-9-7-18(26)8-10-19/h2-3,5-10,20H,4,11-16H2,1H3/t20-,25+/m1/s1. The minimum atomic E-state index is -0.447. The summed E-state index contributed by atoms with van der Waals surface area (Å²) in [5.41, 5.74) is 1.28. The van der Waals surface area contributed by atoms with Crippen molar-refractivity contribution in [2.75, 3.05) is 19.7 Å². The molecule has 0 radical (unpaired) electrons. The van der Waals surface area contributed by atoms with E-state index in [-0.39, 0.29) is 24.4 Å². The number of hydrogen-bond donors (Lipinski definition) is 0. The van der Waals surface area contributed by atoms with Gasteiger partial charge in [0.05, 0.1) is 24.3 Å². The molecule has 0 saturated carbocycles. The van der Waals surface area contributed by atoms with Gasteiger partial charge < -0.3 is 19.1 Å². The molecule has 5 rings (SSSR count). The number of benzene rings is 2. The Morgan fingerprint density at radius 2 is 2.03 bits per heavy atom. The van der Waals surface area contributed by atoms with Gasteiger partial charge in [0, 0.05) is 13.0 Å². The molecule has 3 aromatic rings. The predicted octanol–water partition coefficient (Wildman–Crippen LogP) is 3.94. The summed E-state index contributed by atoms with van der Waals surface area (Å²) in [6, 6.07) is 13.2. The smallest absolute Gasteiger partial charge is 0.257 e. The molecule has 2 atom stereocenters. The van der Waals surface area contributed by atoms with E-state index in [1.165, 1.54) is 12.1 Å². The van der Waals surface area contributed by atoms with Crippen molar-refractivity contribution in [2.45, 2.75) is 44.5 Å². The van der Waals surface area contributed by atoms with E-state index >= 15 is 0 Å². The second-order valence-electron chi connectivity index (χ2n) is 8.80. The molecule has 178 valence electrons. The van der Waals surface area contributed by atoms with Crippen LogP contribution < -0.4 is 9.47 Å². The highest BCUT2D eigenvalue weighted by Crippen LogP contribution is 2.37. The van der Waals surface area contributed by atoms with Crippen LogP contribution in [0.1, 0.15) is 41.0 Å². The summed E-state index contributed by atoms with van der Waals surface area (Å²) in [6.45, 7) is 3.51. The average Bonchev–Trinajstić information content (AvgIpc) is 3.44. The van der Waals surface area contributed by atoms with Gasteiger partial charge in [-0.3, -0.25) is 4.79 Å². The zero-order chi connectivity index (χ0) is 23.5. The monoisotopic (exact) mass is 467 g/mol. The Bertz CT molecular complexity index is 1150. The van der Waals surface area contributed by atoms with Crippen molar-refractivity contribution < 1.29 is 28.0 Å². The Morgan fingerprint density at radius 1 is 1.21 bits per heavy atom. The Balaban J connectivity index is 1.25. The third-order valence-electron chi connectivity index (χ3n) is 6.35. The van der Waals surface area contributed by atoms with Crippen molar-refractivity contribution in [1.29, 1.82) is 0 Å². The van der Waals surface area contributed by atoms with Gasteiger partial charge in [-0.2, -0.15) is 0 Å². The van der Waals surface area contributed by atoms with Crippen molar-refractivity contribution in [3.05, 3.63) is 71.3 Å². The summed E-state index contributed by atoms with van der Waals surface area (Å²) >= 11 is 0. The number of rotatable bonds is 6. The number of aromatic nitrogens is 2. The Hall–Kier alpha value is -3.46. The van der Waals surface area contributed by atoms with E-state index in [0.29, 0.717) is 54.6 Å². The van der Waals surface area contributed by atoms with E-state index in [1.54, 1.807) is 31.2 Å². The van der Waals surface area contributed by atoms with Gasteiger partial charge in [0.15, 0.2) is 0 Å². The highest BCUT2D eigenvalue weighted by molar-refractivity contribution is 5.97. The third-order valence-corrected chi connectivity index (χ3v) is 6.35. The maximum atomic E-state index is 13.5. The molecule has 0 N–H and O–H groups in total. The molecule has 1 aromatic heterocycles. The summed E-state index contributed by atoms with van der Waals surface area (Å²) in [4.78, 5) is 15.3. The van der Waals surface area contributed by atoms with Crippen molar-refractivity contribution in [2.24, 2.45) is 0 Å². The lowest BCUT2D eigenvalue weighted by Crippen LogP contribution is -2.50. The van der Waals surface area contributed by atoms with E-state index < -0.39 is 5.60 Å². The molecule has 0 unspecified atom stereocenters. The summed E-state index contributed by atoms with van der Waals surface area (Å²) in [5, 5.41) is 7.59. The number of carbonyl (C=O) groups excluding carboxylic acids is 1. The first kappa shape index (κ1) is 22.3. The summed E-state index contributed by atoms with van der Waals surface area (Å²) in [6.07, 6.45) is 2.22. The molecule has 2 aromatic carbocycles. The van der Waals surface area contributed by atoms with E-state index in [1.807, 2.05) is 17.0 Å². The lowest BCUT2D eigenvalue weighted by molar-refractivity contribution is -0.0454. The summed E-state index contributed by atoms with van der Waals surface area (Å²) in [5.74, 6) is 0.694. The zero-order valence-electron chi connectivity index (χ0n) is 18.9. The first-order chi connectivity index (χ1) is 16.5. The molecule has 2 fully saturated rings. The number of hydrogen-bond acceptors (Lipinski definition) is 7. The van der Waals surface area contributed by atoms with Crippen molar-refractivity contribution in [3.8, 4) is 11.5 Å². The molecule has 3 heterocycles. The summed E-state index contributed by atoms with van der Waals surface area (Å²) < 4.78 is 36.0. The minimum absolute atomic E-state index is 0.101. The van der Waals surface area contributed by atoms with Crippen LogP contribution in [0, 0.1) is 12.7 Å². The van der Waals surface area contributed by atoms with Crippen LogP contribution in [0.4, 0.5) is 4.39 Å². The number of likely N-dealkylation sites (tertiary alicyclic amines) is 1. The second kappa shape index (κ2) is 9.42. The van der Waals surface area contributed by atoms with E-state index in [0.717, 1.165) is 12.8 Å². The SMILES string of the molecule is Cc1nonc1COc1ccccc1C(=O)N1CCC[C@]2(C[C@@H](Oc3ccc(F)cc3)CO2)C1. The second-order valence-corrected chi connectivity index (χ2v) is 8.80. The number of carbonyl (C=O) groups is 1. The van der Waals surface area contributed by atoms with Crippen LogP contribution in [0.25, 0.3) is 0 Å². The lowest BCUT2D eigenvalue weighted by atomic mass is 9.89. The number of amides is 1. The molecule has 1 amide bonds. The van der Waals surface area contributed by atoms with Crippen LogP contribution in [0.2, 0.25) is 0 Å². The number of ether oxygens (including phenoxy) is 3. The number of aryl methyl sites for hydroxylation is 1. The van der Waals surface area contributed by atoms with Crippen LogP contribution in [0.5, 0.6) is 11.5 Å². The minimum Gasteiger partial charge on any atom is -0.488 e. The van der Waals surface area contributed by atoms with Gasteiger partial charge in [-0.1, -0.05) is 22.4 Å². The summed E-state index contributed by atoms with van der Waals surface area (Å²) in [7, 11) is 0. The molecular weight excluding hydrogens is 441 g/mol. The van der Waals surface area contributed by atoms with Gasteiger partial charge in [0.2, 0.25) is 0 Å². The van der Waals surface area contributed by atoms with Gasteiger partial charge in [0.1, 0.15) is 41.4 Å².